The molecule has 2 amide bonds. The van der Waals surface area contributed by atoms with Gasteiger partial charge in [0.1, 0.15) is 5.75 Å². The number of hydrogen-bond donors (Lipinski definition) is 1. The third kappa shape index (κ3) is 6.19. The summed E-state index contributed by atoms with van der Waals surface area (Å²) >= 11 is 0. The van der Waals surface area contributed by atoms with E-state index in [2.05, 4.69) is 54.6 Å². The molecule has 0 spiro atoms. The lowest BCUT2D eigenvalue weighted by molar-refractivity contribution is 0.206. The van der Waals surface area contributed by atoms with Crippen LogP contribution in [0.3, 0.4) is 0 Å². The number of urea groups is 1. The number of para-hydroxylation sites is 1. The van der Waals surface area contributed by atoms with Crippen LogP contribution in [0.25, 0.3) is 11.1 Å². The minimum atomic E-state index is -0.137. The molecule has 1 aliphatic heterocycles. The Balaban J connectivity index is 1.43. The molecule has 0 atom stereocenters. The number of rotatable bonds is 10. The molecule has 6 heteroatoms. The Kier molecular flexibility index (Phi) is 8.34. The summed E-state index contributed by atoms with van der Waals surface area (Å²) < 4.78 is 5.30. The van der Waals surface area contributed by atoms with Gasteiger partial charge < -0.3 is 10.5 Å². The first-order chi connectivity index (χ1) is 19.2. The average Bonchev–Trinajstić information content (AvgIpc) is 3.10. The highest BCUT2D eigenvalue weighted by molar-refractivity contribution is 6.10. The van der Waals surface area contributed by atoms with E-state index < -0.39 is 0 Å². The molecule has 5 rings (SSSR count). The van der Waals surface area contributed by atoms with Crippen molar-refractivity contribution in [2.75, 3.05) is 25.1 Å². The first-order valence-corrected chi connectivity index (χ1v) is 13.4. The Morgan fingerprint density at radius 2 is 1.44 bits per heavy atom. The highest BCUT2D eigenvalue weighted by Crippen LogP contribution is 2.30. The largest absolute Gasteiger partial charge is 0.497 e. The zero-order valence-corrected chi connectivity index (χ0v) is 22.3. The van der Waals surface area contributed by atoms with Gasteiger partial charge in [-0.05, 0) is 66.3 Å². The molecule has 2 N–H and O–H groups in total. The van der Waals surface area contributed by atoms with E-state index in [1.807, 2.05) is 53.4 Å². The number of methoxy groups -OCH3 is 1. The molecule has 0 aliphatic carbocycles. The number of hydrogen-bond acceptors (Lipinski definition) is 4. The highest BCUT2D eigenvalue weighted by Gasteiger charge is 2.29. The predicted octanol–water partition coefficient (Wildman–Crippen LogP) is 6.49. The van der Waals surface area contributed by atoms with E-state index in [0.29, 0.717) is 32.5 Å². The van der Waals surface area contributed by atoms with E-state index in [1.54, 1.807) is 12.1 Å². The van der Waals surface area contributed by atoms with Crippen molar-refractivity contribution in [2.24, 2.45) is 10.8 Å². The van der Waals surface area contributed by atoms with Gasteiger partial charge >= 0.3 is 6.03 Å². The first kappa shape index (κ1) is 26.2. The van der Waals surface area contributed by atoms with Crippen LogP contribution < -0.4 is 15.4 Å². The number of fused-ring (bicyclic) bond motifs is 1. The van der Waals surface area contributed by atoms with Gasteiger partial charge in [0.2, 0.25) is 0 Å². The summed E-state index contributed by atoms with van der Waals surface area (Å²) in [6.07, 6.45) is 2.18. The van der Waals surface area contributed by atoms with Crippen molar-refractivity contribution in [3.63, 3.8) is 0 Å². The van der Waals surface area contributed by atoms with Crippen molar-refractivity contribution in [2.45, 2.75) is 25.8 Å². The number of anilines is 1. The maximum Gasteiger partial charge on any atom is 0.345 e. The van der Waals surface area contributed by atoms with Crippen molar-refractivity contribution in [3.05, 3.63) is 120 Å². The number of nitrogens with zero attached hydrogens (tertiary/aromatic N) is 3. The van der Waals surface area contributed by atoms with E-state index in [-0.39, 0.29) is 6.03 Å². The summed E-state index contributed by atoms with van der Waals surface area (Å²) in [5.74, 6) is 0.835. The van der Waals surface area contributed by atoms with Crippen molar-refractivity contribution in [3.8, 4) is 16.9 Å². The van der Waals surface area contributed by atoms with Gasteiger partial charge in [0.05, 0.1) is 25.1 Å². The summed E-state index contributed by atoms with van der Waals surface area (Å²) in [6.45, 7) is 1.42. The fourth-order valence-corrected chi connectivity index (χ4v) is 4.83. The van der Waals surface area contributed by atoms with Crippen LogP contribution in [0.15, 0.2) is 108 Å². The molecule has 0 aromatic heterocycles. The fourth-order valence-electron chi connectivity index (χ4n) is 4.83. The molecule has 198 valence electrons. The van der Waals surface area contributed by atoms with Gasteiger partial charge in [-0.25, -0.2) is 9.80 Å². The SMILES string of the molecule is COc1ccc(CCC2=NN(CCCN)C(=O)N(Cc3ccc(-c4ccccc4)cc3)c3ccccc32)cc1. The van der Waals surface area contributed by atoms with Crippen LogP contribution in [0.1, 0.15) is 29.5 Å². The molecule has 1 heterocycles. The maximum absolute atomic E-state index is 13.9. The number of benzene rings is 4. The molecule has 6 nitrogen and oxygen atoms in total. The number of carbonyl (C=O) groups excluding carboxylic acids is 1. The van der Waals surface area contributed by atoms with Gasteiger partial charge in [-0.1, -0.05) is 84.9 Å². The number of ether oxygens (including phenoxy) is 1. The molecule has 0 fully saturated rings. The Bertz CT molecular complexity index is 1420. The van der Waals surface area contributed by atoms with Crippen LogP contribution >= 0.6 is 0 Å². The molecule has 0 radical (unpaired) electrons. The van der Waals surface area contributed by atoms with Crippen molar-refractivity contribution in [1.29, 1.82) is 0 Å². The fraction of sp³-hybridized carbons (Fsp3) is 0.212. The van der Waals surface area contributed by atoms with Gasteiger partial charge in [0, 0.05) is 12.1 Å². The molecule has 4 aromatic carbocycles. The molecular weight excluding hydrogens is 484 g/mol. The second-order valence-electron chi connectivity index (χ2n) is 9.61. The smallest absolute Gasteiger partial charge is 0.345 e. The monoisotopic (exact) mass is 518 g/mol. The van der Waals surface area contributed by atoms with E-state index >= 15 is 0 Å². The third-order valence-electron chi connectivity index (χ3n) is 6.98. The average molecular weight is 519 g/mol. The molecule has 1 aliphatic rings. The van der Waals surface area contributed by atoms with Gasteiger partial charge in [-0.2, -0.15) is 5.10 Å². The Morgan fingerprint density at radius 3 is 2.15 bits per heavy atom. The predicted molar refractivity (Wildman–Crippen MR) is 158 cm³/mol. The minimum Gasteiger partial charge on any atom is -0.497 e. The van der Waals surface area contributed by atoms with E-state index in [0.717, 1.165) is 40.3 Å². The summed E-state index contributed by atoms with van der Waals surface area (Å²) in [5.41, 5.74) is 13.1. The topological polar surface area (TPSA) is 71.2 Å². The molecule has 0 saturated carbocycles. The quantitative estimate of drug-likeness (QED) is 0.261. The van der Waals surface area contributed by atoms with Crippen LogP contribution in [-0.4, -0.2) is 37.0 Å². The number of amides is 2. The molecule has 39 heavy (non-hydrogen) atoms. The standard InChI is InChI=1S/C33H34N4O2/c1-39-29-19-14-25(15-20-29)16-21-31-30-10-5-6-11-32(30)36(33(38)37(35-31)23-7-22-34)24-26-12-17-28(18-13-26)27-8-3-2-4-9-27/h2-6,8-15,17-20H,7,16,21-24,34H2,1H3. The maximum atomic E-state index is 13.9. The van der Waals surface area contributed by atoms with Crippen molar-refractivity contribution in [1.82, 2.24) is 5.01 Å². The normalized spacial score (nSPS) is 13.1. The number of carbonyl (C=O) groups is 1. The zero-order valence-electron chi connectivity index (χ0n) is 22.3. The summed E-state index contributed by atoms with van der Waals surface area (Å²) in [6, 6.07) is 34.7. The Morgan fingerprint density at radius 1 is 0.769 bits per heavy atom. The van der Waals surface area contributed by atoms with Crippen molar-refractivity contribution < 1.29 is 9.53 Å². The van der Waals surface area contributed by atoms with Crippen LogP contribution in [0.2, 0.25) is 0 Å². The Hall–Kier alpha value is -4.42. The van der Waals surface area contributed by atoms with E-state index in [9.17, 15) is 4.79 Å². The summed E-state index contributed by atoms with van der Waals surface area (Å²) in [7, 11) is 1.67. The number of hydrazone groups is 1. The second kappa shape index (κ2) is 12.4. The minimum absolute atomic E-state index is 0.137. The van der Waals surface area contributed by atoms with Gasteiger partial charge in [0.25, 0.3) is 0 Å². The van der Waals surface area contributed by atoms with Crippen LogP contribution in [0.4, 0.5) is 10.5 Å². The summed E-state index contributed by atoms with van der Waals surface area (Å²) in [5, 5.41) is 6.50. The Labute approximate surface area is 230 Å². The summed E-state index contributed by atoms with van der Waals surface area (Å²) in [4.78, 5) is 15.7. The van der Waals surface area contributed by atoms with Gasteiger partial charge in [-0.3, -0.25) is 4.90 Å². The first-order valence-electron chi connectivity index (χ1n) is 13.4. The highest BCUT2D eigenvalue weighted by atomic mass is 16.5. The van der Waals surface area contributed by atoms with Crippen molar-refractivity contribution >= 4 is 17.4 Å². The number of nitrogens with two attached hydrogens (primary N) is 1. The van der Waals surface area contributed by atoms with Crippen LogP contribution in [0, 0.1) is 0 Å². The van der Waals surface area contributed by atoms with E-state index in [4.69, 9.17) is 15.6 Å². The molecule has 4 aromatic rings. The molecule has 0 unspecified atom stereocenters. The number of aryl methyl sites for hydroxylation is 1. The molecule has 0 bridgehead atoms. The van der Waals surface area contributed by atoms with Crippen LogP contribution in [-0.2, 0) is 13.0 Å². The van der Waals surface area contributed by atoms with Crippen LogP contribution in [0.5, 0.6) is 5.75 Å². The molecular formula is C33H34N4O2. The lowest BCUT2D eigenvalue weighted by Gasteiger charge is -2.26. The van der Waals surface area contributed by atoms with Gasteiger partial charge in [0.15, 0.2) is 0 Å². The van der Waals surface area contributed by atoms with E-state index in [1.165, 1.54) is 11.1 Å². The molecule has 0 saturated heterocycles. The lowest BCUT2D eigenvalue weighted by Crippen LogP contribution is -2.40. The zero-order chi connectivity index (χ0) is 27.0. The second-order valence-corrected chi connectivity index (χ2v) is 9.61. The third-order valence-corrected chi connectivity index (χ3v) is 6.98. The lowest BCUT2D eigenvalue weighted by atomic mass is 9.99. The van der Waals surface area contributed by atoms with Gasteiger partial charge in [-0.15, -0.1) is 0 Å².